The number of hydrogen-bond acceptors (Lipinski definition) is 3. The molecule has 0 bridgehead atoms. The molecule has 0 amide bonds. The minimum Gasteiger partial charge on any atom is -0.366 e. The highest BCUT2D eigenvalue weighted by atomic mass is 19.1. The zero-order chi connectivity index (χ0) is 10.1. The molecule has 4 nitrogen and oxygen atoms in total. The lowest BCUT2D eigenvalue weighted by atomic mass is 10.2. The van der Waals surface area contributed by atoms with Crippen LogP contribution < -0.4 is 5.73 Å². The topological polar surface area (TPSA) is 56.7 Å². The quantitative estimate of drug-likeness (QED) is 0.738. The Kier molecular flexibility index (Phi) is 1.92. The predicted octanol–water partition coefficient (Wildman–Crippen LogP) is 1.20. The highest BCUT2D eigenvalue weighted by Gasteiger charge is 2.06. The van der Waals surface area contributed by atoms with Gasteiger partial charge < -0.3 is 5.73 Å². The predicted molar refractivity (Wildman–Crippen MR) is 50.8 cm³/mol. The van der Waals surface area contributed by atoms with Gasteiger partial charge in [-0.25, -0.2) is 9.07 Å². The molecule has 0 aliphatic rings. The first-order valence-electron chi connectivity index (χ1n) is 4.09. The molecule has 2 rings (SSSR count). The number of anilines is 1. The standard InChI is InChI=1S/C9H9FN4/c1-14-8(12-9(11)13-14)6-2-4-7(10)5-3-6/h2-5H,1H3,(H2,11,13). The van der Waals surface area contributed by atoms with Crippen LogP contribution in [0.5, 0.6) is 0 Å². The first-order chi connectivity index (χ1) is 6.66. The highest BCUT2D eigenvalue weighted by Crippen LogP contribution is 2.17. The van der Waals surface area contributed by atoms with Crippen molar-refractivity contribution in [3.63, 3.8) is 0 Å². The van der Waals surface area contributed by atoms with Crippen LogP contribution >= 0.6 is 0 Å². The molecule has 2 aromatic rings. The molecule has 0 radical (unpaired) electrons. The zero-order valence-corrected chi connectivity index (χ0v) is 7.61. The van der Waals surface area contributed by atoms with Gasteiger partial charge in [-0.3, -0.25) is 0 Å². The van der Waals surface area contributed by atoms with E-state index in [2.05, 4.69) is 10.1 Å². The van der Waals surface area contributed by atoms with Gasteiger partial charge in [0.2, 0.25) is 5.95 Å². The van der Waals surface area contributed by atoms with Gasteiger partial charge in [0, 0.05) is 12.6 Å². The van der Waals surface area contributed by atoms with Crippen molar-refractivity contribution in [3.05, 3.63) is 30.1 Å². The summed E-state index contributed by atoms with van der Waals surface area (Å²) < 4.78 is 14.2. The van der Waals surface area contributed by atoms with Crippen LogP contribution in [-0.2, 0) is 7.05 Å². The summed E-state index contributed by atoms with van der Waals surface area (Å²) in [5.74, 6) is 0.568. The van der Waals surface area contributed by atoms with Gasteiger partial charge in [-0.1, -0.05) is 0 Å². The van der Waals surface area contributed by atoms with E-state index < -0.39 is 0 Å². The highest BCUT2D eigenvalue weighted by molar-refractivity contribution is 5.56. The molecular weight excluding hydrogens is 183 g/mol. The second-order valence-corrected chi connectivity index (χ2v) is 2.92. The average Bonchev–Trinajstić information content (AvgIpc) is 2.47. The van der Waals surface area contributed by atoms with E-state index in [1.165, 1.54) is 12.1 Å². The summed E-state index contributed by atoms with van der Waals surface area (Å²) in [6.45, 7) is 0. The number of nitrogens with zero attached hydrogens (tertiary/aromatic N) is 3. The van der Waals surface area contributed by atoms with Crippen molar-refractivity contribution in [1.29, 1.82) is 0 Å². The van der Waals surface area contributed by atoms with Crippen molar-refractivity contribution in [2.24, 2.45) is 7.05 Å². The summed E-state index contributed by atoms with van der Waals surface area (Å²) in [6, 6.07) is 6.03. The molecule has 0 fully saturated rings. The van der Waals surface area contributed by atoms with Crippen molar-refractivity contribution in [2.45, 2.75) is 0 Å². The monoisotopic (exact) mass is 192 g/mol. The fourth-order valence-electron chi connectivity index (χ4n) is 1.25. The van der Waals surface area contributed by atoms with E-state index in [0.29, 0.717) is 5.82 Å². The molecule has 1 aromatic carbocycles. The summed E-state index contributed by atoms with van der Waals surface area (Å²) in [4.78, 5) is 4.02. The number of rotatable bonds is 1. The van der Waals surface area contributed by atoms with Crippen LogP contribution in [0.15, 0.2) is 24.3 Å². The third kappa shape index (κ3) is 1.44. The van der Waals surface area contributed by atoms with Crippen LogP contribution in [0.3, 0.4) is 0 Å². The van der Waals surface area contributed by atoms with Crippen LogP contribution in [0.1, 0.15) is 0 Å². The summed E-state index contributed by atoms with van der Waals surface area (Å²) in [5, 5.41) is 3.90. The van der Waals surface area contributed by atoms with Gasteiger partial charge in [0.15, 0.2) is 5.82 Å². The molecule has 0 atom stereocenters. The smallest absolute Gasteiger partial charge is 0.240 e. The molecule has 0 spiro atoms. The van der Waals surface area contributed by atoms with Crippen LogP contribution in [0.2, 0.25) is 0 Å². The minimum absolute atomic E-state index is 0.215. The third-order valence-electron chi connectivity index (χ3n) is 1.88. The molecular formula is C9H9FN4. The van der Waals surface area contributed by atoms with E-state index in [1.807, 2.05) is 0 Å². The van der Waals surface area contributed by atoms with Gasteiger partial charge in [0.05, 0.1) is 0 Å². The maximum absolute atomic E-state index is 12.6. The fraction of sp³-hybridized carbons (Fsp3) is 0.111. The number of halogens is 1. The van der Waals surface area contributed by atoms with Gasteiger partial charge in [0.1, 0.15) is 5.82 Å². The number of hydrogen-bond donors (Lipinski definition) is 1. The van der Waals surface area contributed by atoms with E-state index in [-0.39, 0.29) is 11.8 Å². The summed E-state index contributed by atoms with van der Waals surface area (Å²) in [6.07, 6.45) is 0. The van der Waals surface area contributed by atoms with Crippen LogP contribution in [-0.4, -0.2) is 14.8 Å². The lowest BCUT2D eigenvalue weighted by Crippen LogP contribution is -1.94. The average molecular weight is 192 g/mol. The maximum atomic E-state index is 12.6. The van der Waals surface area contributed by atoms with Crippen molar-refractivity contribution in [3.8, 4) is 11.4 Å². The Bertz CT molecular complexity index is 446. The fourth-order valence-corrected chi connectivity index (χ4v) is 1.25. The van der Waals surface area contributed by atoms with Crippen LogP contribution in [0, 0.1) is 5.82 Å². The number of benzene rings is 1. The zero-order valence-electron chi connectivity index (χ0n) is 7.61. The Hall–Kier alpha value is -1.91. The molecule has 0 unspecified atom stereocenters. The van der Waals surface area contributed by atoms with Gasteiger partial charge >= 0.3 is 0 Å². The number of nitrogen functional groups attached to an aromatic ring is 1. The molecule has 0 aliphatic carbocycles. The van der Waals surface area contributed by atoms with Crippen LogP contribution in [0.4, 0.5) is 10.3 Å². The maximum Gasteiger partial charge on any atom is 0.240 e. The van der Waals surface area contributed by atoms with E-state index >= 15 is 0 Å². The second-order valence-electron chi connectivity index (χ2n) is 2.92. The van der Waals surface area contributed by atoms with Gasteiger partial charge in [-0.2, -0.15) is 4.98 Å². The molecule has 0 aliphatic heterocycles. The Labute approximate surface area is 80.2 Å². The Balaban J connectivity index is 2.49. The third-order valence-corrected chi connectivity index (χ3v) is 1.88. The SMILES string of the molecule is Cn1nc(N)nc1-c1ccc(F)cc1. The van der Waals surface area contributed by atoms with Gasteiger partial charge in [-0.15, -0.1) is 5.10 Å². The summed E-state index contributed by atoms with van der Waals surface area (Å²) in [7, 11) is 1.74. The Morgan fingerprint density at radius 3 is 2.43 bits per heavy atom. The lowest BCUT2D eigenvalue weighted by molar-refractivity contribution is 0.628. The minimum atomic E-state index is -0.274. The summed E-state index contributed by atoms with van der Waals surface area (Å²) in [5.41, 5.74) is 6.22. The molecule has 5 heteroatoms. The normalized spacial score (nSPS) is 10.4. The number of aromatic nitrogens is 3. The number of aryl methyl sites for hydroxylation is 1. The van der Waals surface area contributed by atoms with E-state index in [9.17, 15) is 4.39 Å². The van der Waals surface area contributed by atoms with Crippen LogP contribution in [0.25, 0.3) is 11.4 Å². The van der Waals surface area contributed by atoms with Crippen molar-refractivity contribution >= 4 is 5.95 Å². The second kappa shape index (κ2) is 3.10. The summed E-state index contributed by atoms with van der Waals surface area (Å²) >= 11 is 0. The molecule has 2 N–H and O–H groups in total. The molecule has 14 heavy (non-hydrogen) atoms. The molecule has 1 aromatic heterocycles. The largest absolute Gasteiger partial charge is 0.366 e. The van der Waals surface area contributed by atoms with Gasteiger partial charge in [0.25, 0.3) is 0 Å². The Morgan fingerprint density at radius 2 is 1.93 bits per heavy atom. The molecule has 0 saturated carbocycles. The van der Waals surface area contributed by atoms with E-state index in [0.717, 1.165) is 5.56 Å². The molecule has 72 valence electrons. The lowest BCUT2D eigenvalue weighted by Gasteiger charge is -1.98. The van der Waals surface area contributed by atoms with Gasteiger partial charge in [-0.05, 0) is 24.3 Å². The van der Waals surface area contributed by atoms with E-state index in [4.69, 9.17) is 5.73 Å². The number of nitrogens with two attached hydrogens (primary N) is 1. The molecule has 0 saturated heterocycles. The van der Waals surface area contributed by atoms with Crippen molar-refractivity contribution in [1.82, 2.24) is 14.8 Å². The Morgan fingerprint density at radius 1 is 1.29 bits per heavy atom. The first kappa shape index (κ1) is 8.68. The van der Waals surface area contributed by atoms with Crippen molar-refractivity contribution in [2.75, 3.05) is 5.73 Å². The molecule has 1 heterocycles. The first-order valence-corrected chi connectivity index (χ1v) is 4.09. The van der Waals surface area contributed by atoms with Crippen molar-refractivity contribution < 1.29 is 4.39 Å². The van der Waals surface area contributed by atoms with E-state index in [1.54, 1.807) is 23.9 Å².